The third kappa shape index (κ3) is 2.29. The molecule has 0 spiro atoms. The van der Waals surface area contributed by atoms with Crippen molar-refractivity contribution in [2.45, 2.75) is 11.1 Å². The molecular formula is C8H12BrN3O3S. The van der Waals surface area contributed by atoms with Gasteiger partial charge in [0.2, 0.25) is 0 Å². The molecule has 1 saturated heterocycles. The topological polar surface area (TPSA) is 75.3 Å². The monoisotopic (exact) mass is 309 g/mol. The van der Waals surface area contributed by atoms with Crippen LogP contribution in [0.1, 0.15) is 0 Å². The maximum absolute atomic E-state index is 12.1. The van der Waals surface area contributed by atoms with Gasteiger partial charge < -0.3 is 9.72 Å². The first-order valence-corrected chi connectivity index (χ1v) is 7.37. The molecule has 1 aromatic rings. The van der Waals surface area contributed by atoms with Gasteiger partial charge >= 0.3 is 0 Å². The first-order chi connectivity index (χ1) is 7.64. The van der Waals surface area contributed by atoms with E-state index in [4.69, 9.17) is 4.74 Å². The van der Waals surface area contributed by atoms with Crippen molar-refractivity contribution < 1.29 is 13.2 Å². The molecule has 2 heterocycles. The lowest BCUT2D eigenvalue weighted by molar-refractivity contribution is 0.0136. The average Bonchev–Trinajstić information content (AvgIpc) is 2.83. The number of alkyl halides is 1. The summed E-state index contributed by atoms with van der Waals surface area (Å²) in [5.41, 5.74) is 0. The fourth-order valence-corrected chi connectivity index (χ4v) is 3.27. The number of H-pyrrole nitrogens is 1. The second-order valence-corrected chi connectivity index (χ2v) is 5.98. The Labute approximate surface area is 102 Å². The van der Waals surface area contributed by atoms with Crippen LogP contribution in [0.2, 0.25) is 0 Å². The number of ether oxygens (including phenoxy) is 1. The minimum absolute atomic E-state index is 0.0913. The quantitative estimate of drug-likeness (QED) is 0.809. The van der Waals surface area contributed by atoms with E-state index in [0.717, 1.165) is 0 Å². The third-order valence-corrected chi connectivity index (χ3v) is 4.88. The fourth-order valence-electron chi connectivity index (χ4n) is 1.53. The molecule has 2 rings (SSSR count). The minimum Gasteiger partial charge on any atom is -0.375 e. The number of sulfonamides is 1. The Morgan fingerprint density at radius 1 is 1.69 bits per heavy atom. The van der Waals surface area contributed by atoms with Crippen LogP contribution in [0.4, 0.5) is 0 Å². The van der Waals surface area contributed by atoms with E-state index in [-0.39, 0.29) is 11.1 Å². The van der Waals surface area contributed by atoms with E-state index < -0.39 is 10.0 Å². The van der Waals surface area contributed by atoms with E-state index in [1.807, 2.05) is 0 Å². The van der Waals surface area contributed by atoms with Gasteiger partial charge in [0.15, 0.2) is 5.03 Å². The highest BCUT2D eigenvalue weighted by Gasteiger charge is 2.31. The molecule has 90 valence electrons. The summed E-state index contributed by atoms with van der Waals surface area (Å²) in [6.07, 6.45) is 2.58. The molecule has 0 aliphatic carbocycles. The van der Waals surface area contributed by atoms with E-state index in [9.17, 15) is 8.42 Å². The highest BCUT2D eigenvalue weighted by atomic mass is 79.9. The van der Waals surface area contributed by atoms with Crippen molar-refractivity contribution in [1.29, 1.82) is 0 Å². The summed E-state index contributed by atoms with van der Waals surface area (Å²) in [4.78, 5) is 6.33. The molecule has 0 aromatic carbocycles. The SMILES string of the molecule is O=S(=O)(c1cnc[nH]1)N1CCOC(CBr)C1. The Bertz CT molecular complexity index is 433. The molecule has 1 fully saturated rings. The standard InChI is InChI=1S/C8H12BrN3O3S/c9-3-7-5-12(1-2-15-7)16(13,14)8-4-10-6-11-8/h4,6-7H,1-3,5H2,(H,10,11). The molecule has 1 aliphatic heterocycles. The Morgan fingerprint density at radius 2 is 2.50 bits per heavy atom. The summed E-state index contributed by atoms with van der Waals surface area (Å²) in [5, 5.41) is 0.755. The smallest absolute Gasteiger partial charge is 0.260 e. The number of morpholine rings is 1. The van der Waals surface area contributed by atoms with Gasteiger partial charge in [-0.1, -0.05) is 15.9 Å². The second kappa shape index (κ2) is 4.82. The number of halogens is 1. The zero-order chi connectivity index (χ0) is 11.6. The van der Waals surface area contributed by atoms with Crippen molar-refractivity contribution in [3.63, 3.8) is 0 Å². The number of nitrogens with one attached hydrogen (secondary N) is 1. The Balaban J connectivity index is 2.18. The van der Waals surface area contributed by atoms with Crippen molar-refractivity contribution in [3.8, 4) is 0 Å². The molecule has 1 unspecified atom stereocenters. The van der Waals surface area contributed by atoms with Crippen LogP contribution in [0.15, 0.2) is 17.6 Å². The van der Waals surface area contributed by atoms with Gasteiger partial charge in [-0.2, -0.15) is 4.31 Å². The average molecular weight is 310 g/mol. The molecule has 1 N–H and O–H groups in total. The second-order valence-electron chi connectivity index (χ2n) is 3.43. The number of hydrogen-bond acceptors (Lipinski definition) is 4. The molecule has 0 radical (unpaired) electrons. The molecule has 8 heteroatoms. The normalized spacial score (nSPS) is 23.4. The van der Waals surface area contributed by atoms with Gasteiger partial charge in [-0.25, -0.2) is 13.4 Å². The predicted molar refractivity (Wildman–Crippen MR) is 60.9 cm³/mol. The molecule has 1 atom stereocenters. The summed E-state index contributed by atoms with van der Waals surface area (Å²) in [5.74, 6) is 0. The lowest BCUT2D eigenvalue weighted by Crippen LogP contribution is -2.46. The summed E-state index contributed by atoms with van der Waals surface area (Å²) in [7, 11) is -3.45. The zero-order valence-corrected chi connectivity index (χ0v) is 10.9. The predicted octanol–water partition coefficient (Wildman–Crippen LogP) is 0.194. The molecule has 0 saturated carbocycles. The summed E-state index contributed by atoms with van der Waals surface area (Å²) >= 11 is 3.29. The first kappa shape index (κ1) is 12.0. The van der Waals surface area contributed by atoms with Crippen molar-refractivity contribution in [2.24, 2.45) is 0 Å². The maximum Gasteiger partial charge on any atom is 0.260 e. The lowest BCUT2D eigenvalue weighted by Gasteiger charge is -2.30. The van der Waals surface area contributed by atoms with E-state index in [1.54, 1.807) is 0 Å². The molecule has 0 bridgehead atoms. The van der Waals surface area contributed by atoms with E-state index in [1.165, 1.54) is 16.8 Å². The van der Waals surface area contributed by atoms with Crippen LogP contribution in [0.3, 0.4) is 0 Å². The summed E-state index contributed by atoms with van der Waals surface area (Å²) in [6.45, 7) is 1.17. The van der Waals surface area contributed by atoms with Crippen molar-refractivity contribution in [3.05, 3.63) is 12.5 Å². The molecule has 16 heavy (non-hydrogen) atoms. The van der Waals surface area contributed by atoms with Gasteiger partial charge in [0, 0.05) is 18.4 Å². The maximum atomic E-state index is 12.1. The molecular weight excluding hydrogens is 298 g/mol. The van der Waals surface area contributed by atoms with E-state index in [2.05, 4.69) is 25.9 Å². The Hall–Kier alpha value is -0.440. The summed E-state index contributed by atoms with van der Waals surface area (Å²) in [6, 6.07) is 0. The highest BCUT2D eigenvalue weighted by Crippen LogP contribution is 2.17. The van der Waals surface area contributed by atoms with Gasteiger partial charge in [0.1, 0.15) is 0 Å². The number of nitrogens with zero attached hydrogens (tertiary/aromatic N) is 2. The van der Waals surface area contributed by atoms with Crippen LogP contribution in [0.5, 0.6) is 0 Å². The van der Waals surface area contributed by atoms with Gasteiger partial charge in [0.05, 0.1) is 25.2 Å². The van der Waals surface area contributed by atoms with Crippen LogP contribution in [-0.2, 0) is 14.8 Å². The van der Waals surface area contributed by atoms with Crippen LogP contribution in [0.25, 0.3) is 0 Å². The van der Waals surface area contributed by atoms with Crippen LogP contribution in [0, 0.1) is 0 Å². The van der Waals surface area contributed by atoms with Gasteiger partial charge in [0.25, 0.3) is 10.0 Å². The number of imidazole rings is 1. The number of aromatic amines is 1. The van der Waals surface area contributed by atoms with Gasteiger partial charge in [-0.3, -0.25) is 0 Å². The molecule has 0 amide bonds. The van der Waals surface area contributed by atoms with Crippen molar-refractivity contribution in [1.82, 2.24) is 14.3 Å². The number of rotatable bonds is 3. The third-order valence-electron chi connectivity index (χ3n) is 2.36. The van der Waals surface area contributed by atoms with E-state index in [0.29, 0.717) is 25.0 Å². The molecule has 1 aliphatic rings. The van der Waals surface area contributed by atoms with Crippen LogP contribution in [-0.4, -0.2) is 53.8 Å². The van der Waals surface area contributed by atoms with Crippen LogP contribution >= 0.6 is 15.9 Å². The number of hydrogen-bond donors (Lipinski definition) is 1. The first-order valence-electron chi connectivity index (χ1n) is 4.80. The number of aromatic nitrogens is 2. The van der Waals surface area contributed by atoms with Crippen molar-refractivity contribution in [2.75, 3.05) is 25.0 Å². The molecule has 1 aromatic heterocycles. The fraction of sp³-hybridized carbons (Fsp3) is 0.625. The van der Waals surface area contributed by atoms with Gasteiger partial charge in [-0.05, 0) is 0 Å². The van der Waals surface area contributed by atoms with Crippen LogP contribution < -0.4 is 0 Å². The molecule has 6 nitrogen and oxygen atoms in total. The summed E-state index contributed by atoms with van der Waals surface area (Å²) < 4.78 is 31.0. The Morgan fingerprint density at radius 3 is 3.12 bits per heavy atom. The Kier molecular flexibility index (Phi) is 3.63. The lowest BCUT2D eigenvalue weighted by atomic mass is 10.3. The highest BCUT2D eigenvalue weighted by molar-refractivity contribution is 9.09. The van der Waals surface area contributed by atoms with E-state index >= 15 is 0 Å². The zero-order valence-electron chi connectivity index (χ0n) is 8.47. The van der Waals surface area contributed by atoms with Gasteiger partial charge in [-0.15, -0.1) is 0 Å². The van der Waals surface area contributed by atoms with Crippen molar-refractivity contribution >= 4 is 26.0 Å². The minimum atomic E-state index is -3.45. The largest absolute Gasteiger partial charge is 0.375 e.